The van der Waals surface area contributed by atoms with E-state index in [1.54, 1.807) is 17.1 Å². The number of anilines is 1. The quantitative estimate of drug-likeness (QED) is 0.741. The van der Waals surface area contributed by atoms with Crippen LogP contribution in [0.15, 0.2) is 55.0 Å². The van der Waals surface area contributed by atoms with Gasteiger partial charge in [-0.05, 0) is 43.2 Å². The molecule has 3 aromatic heterocycles. The van der Waals surface area contributed by atoms with Gasteiger partial charge in [-0.1, -0.05) is 6.07 Å². The molecule has 0 bridgehead atoms. The van der Waals surface area contributed by atoms with Crippen molar-refractivity contribution < 1.29 is 4.79 Å². The van der Waals surface area contributed by atoms with Crippen LogP contribution in [0.3, 0.4) is 0 Å². The normalized spacial score (nSPS) is 14.9. The van der Waals surface area contributed by atoms with Crippen LogP contribution in [0.25, 0.3) is 5.82 Å². The molecule has 0 saturated carbocycles. The molecule has 1 fully saturated rings. The molecule has 1 aliphatic heterocycles. The summed E-state index contributed by atoms with van der Waals surface area (Å²) >= 11 is 0. The molecule has 0 aromatic carbocycles. The summed E-state index contributed by atoms with van der Waals surface area (Å²) < 4.78 is 1.68. The van der Waals surface area contributed by atoms with E-state index < -0.39 is 0 Å². The Morgan fingerprint density at radius 2 is 1.85 bits per heavy atom. The maximum Gasteiger partial charge on any atom is 0.223 e. The first kappa shape index (κ1) is 17.1. The van der Waals surface area contributed by atoms with Crippen molar-refractivity contribution in [2.45, 2.75) is 19.4 Å². The first-order chi connectivity index (χ1) is 13.3. The van der Waals surface area contributed by atoms with E-state index >= 15 is 0 Å². The van der Waals surface area contributed by atoms with E-state index in [0.29, 0.717) is 12.4 Å². The Kier molecular flexibility index (Phi) is 5.04. The monoisotopic (exact) mass is 363 g/mol. The highest BCUT2D eigenvalue weighted by molar-refractivity contribution is 5.78. The molecule has 1 N–H and O–H groups in total. The van der Waals surface area contributed by atoms with Gasteiger partial charge in [0.25, 0.3) is 0 Å². The highest BCUT2D eigenvalue weighted by atomic mass is 16.1. The zero-order valence-corrected chi connectivity index (χ0v) is 14.9. The van der Waals surface area contributed by atoms with Crippen LogP contribution in [0, 0.1) is 5.92 Å². The Morgan fingerprint density at radius 1 is 1.04 bits per heavy atom. The van der Waals surface area contributed by atoms with Crippen LogP contribution in [-0.4, -0.2) is 44.0 Å². The number of aromatic nitrogens is 5. The molecule has 0 radical (unpaired) electrons. The summed E-state index contributed by atoms with van der Waals surface area (Å²) in [5, 5.41) is 15.7. The van der Waals surface area contributed by atoms with Crippen molar-refractivity contribution in [3.05, 3.63) is 60.7 Å². The number of rotatable bonds is 5. The Morgan fingerprint density at radius 3 is 2.52 bits per heavy atom. The van der Waals surface area contributed by atoms with Gasteiger partial charge in [0.15, 0.2) is 11.6 Å². The molecule has 3 aromatic rings. The number of carbonyl (C=O) groups is 1. The summed E-state index contributed by atoms with van der Waals surface area (Å²) in [6.45, 7) is 2.05. The summed E-state index contributed by atoms with van der Waals surface area (Å²) in [7, 11) is 0. The fourth-order valence-electron chi connectivity index (χ4n) is 3.21. The molecule has 0 aliphatic carbocycles. The van der Waals surface area contributed by atoms with Gasteiger partial charge in [0.2, 0.25) is 5.91 Å². The SMILES string of the molecule is O=C(NCc1ccccn1)C1CCN(c2ccc(-n3cccn3)nn2)CC1. The van der Waals surface area contributed by atoms with Crippen molar-refractivity contribution in [1.82, 2.24) is 30.3 Å². The third-order valence-corrected chi connectivity index (χ3v) is 4.74. The van der Waals surface area contributed by atoms with Gasteiger partial charge in [0.1, 0.15) is 0 Å². The smallest absolute Gasteiger partial charge is 0.223 e. The van der Waals surface area contributed by atoms with Crippen molar-refractivity contribution in [1.29, 1.82) is 0 Å². The maximum absolute atomic E-state index is 12.4. The molecule has 0 unspecified atom stereocenters. The predicted molar refractivity (Wildman–Crippen MR) is 100 cm³/mol. The standard InChI is InChI=1S/C19H21N7O/c27-19(21-14-16-4-1-2-9-20-16)15-7-12-25(13-8-15)17-5-6-18(24-23-17)26-11-3-10-22-26/h1-6,9-11,15H,7-8,12-14H2,(H,21,27). The Balaban J connectivity index is 1.29. The lowest BCUT2D eigenvalue weighted by Gasteiger charge is -2.31. The molecular weight excluding hydrogens is 342 g/mol. The van der Waals surface area contributed by atoms with Gasteiger partial charge < -0.3 is 10.2 Å². The Bertz CT molecular complexity index is 857. The van der Waals surface area contributed by atoms with Crippen LogP contribution >= 0.6 is 0 Å². The summed E-state index contributed by atoms with van der Waals surface area (Å²) in [5.41, 5.74) is 0.871. The number of hydrogen-bond donors (Lipinski definition) is 1. The molecule has 1 saturated heterocycles. The topological polar surface area (TPSA) is 88.8 Å². The number of nitrogens with one attached hydrogen (secondary N) is 1. The molecule has 1 amide bonds. The lowest BCUT2D eigenvalue weighted by molar-refractivity contribution is -0.125. The van der Waals surface area contributed by atoms with Gasteiger partial charge in [-0.25, -0.2) is 4.68 Å². The van der Waals surface area contributed by atoms with Gasteiger partial charge in [0.05, 0.1) is 12.2 Å². The van der Waals surface area contributed by atoms with Crippen molar-refractivity contribution in [3.63, 3.8) is 0 Å². The van der Waals surface area contributed by atoms with E-state index in [-0.39, 0.29) is 11.8 Å². The number of pyridine rings is 1. The molecular formula is C19H21N7O. The lowest BCUT2D eigenvalue weighted by atomic mass is 9.96. The second-order valence-electron chi connectivity index (χ2n) is 6.50. The lowest BCUT2D eigenvalue weighted by Crippen LogP contribution is -2.40. The number of piperidine rings is 1. The second-order valence-corrected chi connectivity index (χ2v) is 6.50. The molecule has 0 spiro atoms. The number of nitrogens with zero attached hydrogens (tertiary/aromatic N) is 6. The Labute approximate surface area is 157 Å². The van der Waals surface area contributed by atoms with Crippen molar-refractivity contribution >= 4 is 11.7 Å². The minimum Gasteiger partial charge on any atom is -0.355 e. The third-order valence-electron chi connectivity index (χ3n) is 4.74. The van der Waals surface area contributed by atoms with Crippen molar-refractivity contribution in [3.8, 4) is 5.82 Å². The summed E-state index contributed by atoms with van der Waals surface area (Å²) in [6, 6.07) is 11.4. The summed E-state index contributed by atoms with van der Waals surface area (Å²) in [4.78, 5) is 18.8. The van der Waals surface area contributed by atoms with Crippen LogP contribution in [0.5, 0.6) is 0 Å². The molecule has 4 heterocycles. The van der Waals surface area contributed by atoms with E-state index in [1.807, 2.05) is 42.6 Å². The van der Waals surface area contributed by atoms with Gasteiger partial charge in [-0.15, -0.1) is 10.2 Å². The fourth-order valence-corrected chi connectivity index (χ4v) is 3.21. The van der Waals surface area contributed by atoms with Crippen LogP contribution in [-0.2, 0) is 11.3 Å². The average Bonchev–Trinajstić information content (AvgIpc) is 3.28. The van der Waals surface area contributed by atoms with Crippen LogP contribution < -0.4 is 10.2 Å². The fraction of sp³-hybridized carbons (Fsp3) is 0.316. The van der Waals surface area contributed by atoms with E-state index in [0.717, 1.165) is 37.4 Å². The maximum atomic E-state index is 12.4. The highest BCUT2D eigenvalue weighted by Crippen LogP contribution is 2.22. The third kappa shape index (κ3) is 4.11. The number of hydrogen-bond acceptors (Lipinski definition) is 6. The summed E-state index contributed by atoms with van der Waals surface area (Å²) in [5.74, 6) is 1.65. The first-order valence-corrected chi connectivity index (χ1v) is 9.06. The highest BCUT2D eigenvalue weighted by Gasteiger charge is 2.25. The average molecular weight is 363 g/mol. The minimum atomic E-state index is 0.0290. The zero-order valence-electron chi connectivity index (χ0n) is 14.9. The zero-order chi connectivity index (χ0) is 18.5. The van der Waals surface area contributed by atoms with Crippen LogP contribution in [0.4, 0.5) is 5.82 Å². The van der Waals surface area contributed by atoms with Gasteiger partial charge >= 0.3 is 0 Å². The van der Waals surface area contributed by atoms with Gasteiger partial charge in [0, 0.05) is 37.6 Å². The molecule has 138 valence electrons. The number of carbonyl (C=O) groups excluding carboxylic acids is 1. The minimum absolute atomic E-state index is 0.0290. The largest absolute Gasteiger partial charge is 0.355 e. The molecule has 27 heavy (non-hydrogen) atoms. The van der Waals surface area contributed by atoms with Gasteiger partial charge in [-0.2, -0.15) is 5.10 Å². The second kappa shape index (κ2) is 7.94. The van der Waals surface area contributed by atoms with E-state index in [1.165, 1.54) is 0 Å². The van der Waals surface area contributed by atoms with Gasteiger partial charge in [-0.3, -0.25) is 9.78 Å². The molecule has 8 nitrogen and oxygen atoms in total. The number of amides is 1. The van der Waals surface area contributed by atoms with E-state index in [4.69, 9.17) is 0 Å². The molecule has 1 aliphatic rings. The Hall–Kier alpha value is -3.29. The predicted octanol–water partition coefficient (Wildman–Crippen LogP) is 1.59. The van der Waals surface area contributed by atoms with Crippen molar-refractivity contribution in [2.75, 3.05) is 18.0 Å². The van der Waals surface area contributed by atoms with Crippen molar-refractivity contribution in [2.24, 2.45) is 5.92 Å². The van der Waals surface area contributed by atoms with Crippen LogP contribution in [0.2, 0.25) is 0 Å². The summed E-state index contributed by atoms with van der Waals surface area (Å²) in [6.07, 6.45) is 6.88. The molecule has 0 atom stereocenters. The van der Waals surface area contributed by atoms with E-state index in [9.17, 15) is 4.79 Å². The molecule has 4 rings (SSSR count). The molecule has 8 heteroatoms. The van der Waals surface area contributed by atoms with E-state index in [2.05, 4.69) is 30.5 Å². The van der Waals surface area contributed by atoms with Crippen LogP contribution in [0.1, 0.15) is 18.5 Å². The first-order valence-electron chi connectivity index (χ1n) is 9.06.